The van der Waals surface area contributed by atoms with Crippen LogP contribution in [0.2, 0.25) is 0 Å². The third-order valence-electron chi connectivity index (χ3n) is 5.25. The molecule has 2 rings (SSSR count). The van der Waals surface area contributed by atoms with E-state index in [1.165, 1.54) is 5.57 Å². The zero-order chi connectivity index (χ0) is 17.1. The third-order valence-corrected chi connectivity index (χ3v) is 5.25. The number of aryl methyl sites for hydroxylation is 1. The highest BCUT2D eigenvalue weighted by Gasteiger charge is 2.33. The Labute approximate surface area is 139 Å². The Morgan fingerprint density at radius 2 is 1.96 bits per heavy atom. The van der Waals surface area contributed by atoms with Crippen LogP contribution in [0.15, 0.2) is 17.7 Å². The predicted octanol–water partition coefficient (Wildman–Crippen LogP) is 4.74. The van der Waals surface area contributed by atoms with Crippen LogP contribution < -0.4 is 0 Å². The van der Waals surface area contributed by atoms with E-state index in [-0.39, 0.29) is 24.0 Å². The number of rotatable bonds is 5. The predicted molar refractivity (Wildman–Crippen MR) is 94.1 cm³/mol. The van der Waals surface area contributed by atoms with Crippen LogP contribution in [0.1, 0.15) is 75.0 Å². The van der Waals surface area contributed by atoms with Crippen molar-refractivity contribution >= 4 is 0 Å². The van der Waals surface area contributed by atoms with Crippen LogP contribution in [0, 0.1) is 12.8 Å². The quantitative estimate of drug-likeness (QED) is 0.543. The number of aromatic hydroxyl groups is 2. The molecule has 3 heteroatoms. The fraction of sp³-hybridized carbons (Fsp3) is 0.600. The van der Waals surface area contributed by atoms with E-state index >= 15 is 0 Å². The summed E-state index contributed by atoms with van der Waals surface area (Å²) in [5, 5.41) is 30.1. The second-order valence-corrected chi connectivity index (χ2v) is 7.29. The van der Waals surface area contributed by atoms with E-state index in [0.29, 0.717) is 17.4 Å². The van der Waals surface area contributed by atoms with Gasteiger partial charge >= 0.3 is 0 Å². The zero-order valence-electron chi connectivity index (χ0n) is 14.8. The Kier molecular flexibility index (Phi) is 5.74. The summed E-state index contributed by atoms with van der Waals surface area (Å²) < 4.78 is 0. The average Bonchev–Trinajstić information content (AvgIpc) is 2.51. The van der Waals surface area contributed by atoms with Crippen LogP contribution in [0.25, 0.3) is 0 Å². The normalized spacial score (nSPS) is 21.6. The van der Waals surface area contributed by atoms with Gasteiger partial charge in [-0.2, -0.15) is 0 Å². The first-order valence-corrected chi connectivity index (χ1v) is 8.66. The molecule has 1 aliphatic rings. The number of aliphatic hydroxyl groups is 1. The van der Waals surface area contributed by atoms with Crippen molar-refractivity contribution in [3.63, 3.8) is 0 Å². The molecule has 1 aromatic rings. The summed E-state index contributed by atoms with van der Waals surface area (Å²) in [5.41, 5.74) is 3.94. The van der Waals surface area contributed by atoms with Gasteiger partial charge in [-0.25, -0.2) is 0 Å². The van der Waals surface area contributed by atoms with Gasteiger partial charge in [0.05, 0.1) is 6.61 Å². The lowest BCUT2D eigenvalue weighted by molar-refractivity contribution is 0.235. The lowest BCUT2D eigenvalue weighted by Crippen LogP contribution is -2.22. The van der Waals surface area contributed by atoms with Crippen LogP contribution in [0.4, 0.5) is 0 Å². The van der Waals surface area contributed by atoms with E-state index in [0.717, 1.165) is 36.8 Å². The van der Waals surface area contributed by atoms with Gasteiger partial charge in [0.15, 0.2) is 11.5 Å². The molecule has 128 valence electrons. The first-order chi connectivity index (χ1) is 10.9. The van der Waals surface area contributed by atoms with Gasteiger partial charge in [-0.05, 0) is 69.4 Å². The molecule has 0 radical (unpaired) electrons. The molecule has 23 heavy (non-hydrogen) atoms. The molecule has 3 atom stereocenters. The van der Waals surface area contributed by atoms with Crippen LogP contribution in [-0.4, -0.2) is 21.9 Å². The Bertz CT molecular complexity index is 585. The molecule has 0 saturated carbocycles. The van der Waals surface area contributed by atoms with Gasteiger partial charge in [0.1, 0.15) is 0 Å². The lowest BCUT2D eigenvalue weighted by atomic mass is 9.70. The van der Waals surface area contributed by atoms with Gasteiger partial charge in [-0.1, -0.05) is 24.6 Å². The van der Waals surface area contributed by atoms with E-state index in [2.05, 4.69) is 26.8 Å². The van der Waals surface area contributed by atoms with E-state index in [1.54, 1.807) is 0 Å². The zero-order valence-corrected chi connectivity index (χ0v) is 14.8. The first kappa shape index (κ1) is 17.9. The van der Waals surface area contributed by atoms with E-state index < -0.39 is 0 Å². The number of fused-ring (bicyclic) bond motifs is 1. The van der Waals surface area contributed by atoms with Crippen LogP contribution in [0.3, 0.4) is 0 Å². The van der Waals surface area contributed by atoms with Crippen molar-refractivity contribution in [2.24, 2.45) is 5.92 Å². The maximum absolute atomic E-state index is 10.4. The molecule has 1 aliphatic carbocycles. The topological polar surface area (TPSA) is 60.7 Å². The molecule has 0 heterocycles. The molecule has 0 aliphatic heterocycles. The van der Waals surface area contributed by atoms with Gasteiger partial charge in [0.25, 0.3) is 0 Å². The first-order valence-electron chi connectivity index (χ1n) is 8.66. The molecule has 0 bridgehead atoms. The van der Waals surface area contributed by atoms with Crippen molar-refractivity contribution in [3.8, 4) is 11.5 Å². The van der Waals surface area contributed by atoms with Crippen LogP contribution in [-0.2, 0) is 0 Å². The number of hydrogen-bond donors (Lipinski definition) is 3. The smallest absolute Gasteiger partial charge is 0.161 e. The summed E-state index contributed by atoms with van der Waals surface area (Å²) in [7, 11) is 0. The average molecular weight is 318 g/mol. The summed E-state index contributed by atoms with van der Waals surface area (Å²) >= 11 is 0. The Morgan fingerprint density at radius 1 is 1.26 bits per heavy atom. The van der Waals surface area contributed by atoms with Gasteiger partial charge in [0, 0.05) is 11.5 Å². The molecule has 1 aromatic carbocycles. The minimum atomic E-state index is -0.0715. The van der Waals surface area contributed by atoms with E-state index in [4.69, 9.17) is 0 Å². The molecule has 0 aromatic heterocycles. The largest absolute Gasteiger partial charge is 0.504 e. The molecule has 0 unspecified atom stereocenters. The lowest BCUT2D eigenvalue weighted by Gasteiger charge is -2.35. The second kappa shape index (κ2) is 7.39. The summed E-state index contributed by atoms with van der Waals surface area (Å²) in [6.45, 7) is 8.35. The van der Waals surface area contributed by atoms with Crippen molar-refractivity contribution < 1.29 is 15.3 Å². The van der Waals surface area contributed by atoms with Gasteiger partial charge in [-0.3, -0.25) is 0 Å². The van der Waals surface area contributed by atoms with E-state index in [9.17, 15) is 15.3 Å². The Morgan fingerprint density at radius 3 is 2.57 bits per heavy atom. The minimum absolute atomic E-state index is 0.0158. The third kappa shape index (κ3) is 3.72. The summed E-state index contributed by atoms with van der Waals surface area (Å²) in [6.07, 6.45) is 6.34. The van der Waals surface area contributed by atoms with Crippen molar-refractivity contribution in [1.82, 2.24) is 0 Å². The fourth-order valence-corrected chi connectivity index (χ4v) is 3.86. The van der Waals surface area contributed by atoms with Crippen molar-refractivity contribution in [1.29, 1.82) is 0 Å². The summed E-state index contributed by atoms with van der Waals surface area (Å²) in [4.78, 5) is 0. The molecule has 0 amide bonds. The maximum atomic E-state index is 10.4. The minimum Gasteiger partial charge on any atom is -0.504 e. The Hall–Kier alpha value is -1.48. The highest BCUT2D eigenvalue weighted by Crippen LogP contribution is 2.50. The molecule has 3 N–H and O–H groups in total. The standard InChI is InChI=1S/C20H30O3/c1-12(2)6-5-7-13(3)16-9-8-15(11-21)18-17(16)10-14(4)19(22)20(18)23/h6,10,13,15-16,21-23H,5,7-9,11H2,1-4H3/t13-,15-,16-/m0/s1. The Balaban J connectivity index is 2.34. The van der Waals surface area contributed by atoms with E-state index in [1.807, 2.05) is 13.0 Å². The maximum Gasteiger partial charge on any atom is 0.161 e. The number of hydrogen-bond acceptors (Lipinski definition) is 3. The number of phenolic OH excluding ortho intramolecular Hbond substituents is 2. The number of phenols is 2. The van der Waals surface area contributed by atoms with Gasteiger partial charge < -0.3 is 15.3 Å². The molecule has 0 spiro atoms. The SMILES string of the molecule is CC(C)=CCC[C@H](C)[C@@H]1CC[C@@H](CO)c2c1cc(C)c(O)c2O. The van der Waals surface area contributed by atoms with Crippen LogP contribution in [0.5, 0.6) is 11.5 Å². The fourth-order valence-electron chi connectivity index (χ4n) is 3.86. The van der Waals surface area contributed by atoms with Gasteiger partial charge in [-0.15, -0.1) is 0 Å². The molecule has 3 nitrogen and oxygen atoms in total. The summed E-state index contributed by atoms with van der Waals surface area (Å²) in [6, 6.07) is 2.01. The molecular formula is C20H30O3. The van der Waals surface area contributed by atoms with Crippen molar-refractivity contribution in [3.05, 3.63) is 34.4 Å². The highest BCUT2D eigenvalue weighted by atomic mass is 16.3. The van der Waals surface area contributed by atoms with Crippen molar-refractivity contribution in [2.45, 2.75) is 65.2 Å². The van der Waals surface area contributed by atoms with Crippen molar-refractivity contribution in [2.75, 3.05) is 6.61 Å². The van der Waals surface area contributed by atoms with Gasteiger partial charge in [0.2, 0.25) is 0 Å². The summed E-state index contributed by atoms with van der Waals surface area (Å²) in [5.74, 6) is 0.744. The number of aliphatic hydroxyl groups excluding tert-OH is 1. The molecular weight excluding hydrogens is 288 g/mol. The number of benzene rings is 1. The molecule has 0 saturated heterocycles. The highest BCUT2D eigenvalue weighted by molar-refractivity contribution is 5.57. The second-order valence-electron chi connectivity index (χ2n) is 7.29. The molecule has 0 fully saturated rings. The van der Waals surface area contributed by atoms with Crippen LogP contribution >= 0.6 is 0 Å². The number of allylic oxidation sites excluding steroid dienone is 2. The monoisotopic (exact) mass is 318 g/mol.